The van der Waals surface area contributed by atoms with Crippen molar-refractivity contribution < 1.29 is 124 Å². The molecule has 0 rings (SSSR count). The van der Waals surface area contributed by atoms with E-state index >= 15 is 0 Å². The van der Waals surface area contributed by atoms with Gasteiger partial charge < -0.3 is 92.1 Å². The van der Waals surface area contributed by atoms with E-state index in [0.717, 1.165) is 86.2 Å². The van der Waals surface area contributed by atoms with Crippen molar-refractivity contribution >= 4 is 160 Å². The Balaban J connectivity index is -0.000000470. The summed E-state index contributed by atoms with van der Waals surface area (Å²) in [5, 5.41) is 7.54. The number of alkyl carbamates (subject to hydrolysis) is 3. The highest BCUT2D eigenvalue weighted by Crippen LogP contribution is 2.29. The highest BCUT2D eigenvalue weighted by molar-refractivity contribution is 6.89. The Morgan fingerprint density at radius 2 is 0.358 bits per heavy atom. The number of hydrogen-bond acceptors (Lipinski definition) is 27. The molecule has 0 saturated carbocycles. The lowest BCUT2D eigenvalue weighted by molar-refractivity contribution is -0.138. The number of nitrogens with one attached hydrogen (secondary N) is 3. The topological polar surface area (TPSA) is 364 Å². The van der Waals surface area contributed by atoms with Crippen molar-refractivity contribution in [3.05, 3.63) is 88.6 Å². The molecule has 0 atom stereocenters. The maximum absolute atomic E-state index is 11.6. The van der Waals surface area contributed by atoms with Crippen LogP contribution in [0.15, 0.2) is 88.6 Å². The van der Waals surface area contributed by atoms with Gasteiger partial charge in [0.1, 0.15) is 19.8 Å². The smallest absolute Gasteiger partial charge is 0.407 e. The summed E-state index contributed by atoms with van der Waals surface area (Å²) >= 11 is 0. The third kappa shape index (κ3) is 86.1. The summed E-state index contributed by atoms with van der Waals surface area (Å²) in [4.78, 5) is 111. The molecule has 30 nitrogen and oxygen atoms in total. The first kappa shape index (κ1) is 123. The zero-order valence-corrected chi connectivity index (χ0v) is 90.6. The molecular weight excluding hydrogens is 1750 g/mol. The molecule has 0 unspecified atom stereocenters. The number of amides is 3. The second kappa shape index (κ2) is 63.5. The second-order valence-electron chi connectivity index (χ2n) is 35.9. The zero-order valence-electron chi connectivity index (χ0n) is 78.6. The second-order valence-corrected chi connectivity index (χ2v) is 88.3. The molecule has 0 spiro atoms. The lowest BCUT2D eigenvalue weighted by atomic mass is 10.5. The SMILES string of the molecule is C=CC(=O)OCCC[Si](C)(C)O[Si](C)(C)C.C=CC(=O)OCCC[Si](C)(C)O[Si](C)(C)CCCOC(=O)C=C.C=CC(=O)OCCC[Si](C)(O[Si](C)(C)C)O[Si](C)(C)C.C=CC(=O)OCCNC(=O)OCCC[Si](C)(C)O[Si](C)(C)CCCOC(=O)NCCOC(=O)C=C.C=CC(=O)OCCNC(=O)OCCC[Si](C)(O[Si](C)(C)C)O[Si](C)(C)C. The van der Waals surface area contributed by atoms with Crippen LogP contribution in [-0.2, 0) is 110 Å². The molecule has 696 valence electrons. The van der Waals surface area contributed by atoms with Crippen molar-refractivity contribution in [1.29, 1.82) is 0 Å². The van der Waals surface area contributed by atoms with Crippen molar-refractivity contribution in [3.63, 3.8) is 0 Å². The van der Waals surface area contributed by atoms with Crippen molar-refractivity contribution in [1.82, 2.24) is 16.0 Å². The molecule has 0 aromatic rings. The van der Waals surface area contributed by atoms with Crippen molar-refractivity contribution in [2.75, 3.05) is 85.7 Å². The zero-order chi connectivity index (χ0) is 94.0. The molecule has 0 aliphatic rings. The molecule has 0 heterocycles. The van der Waals surface area contributed by atoms with Gasteiger partial charge in [-0.3, -0.25) is 0 Å². The largest absolute Gasteiger partial charge is 0.463 e. The van der Waals surface area contributed by atoms with E-state index in [1.807, 2.05) is 0 Å². The molecule has 42 heteroatoms. The predicted octanol–water partition coefficient (Wildman–Crippen LogP) is 17.4. The molecule has 3 N–H and O–H groups in total. The molecule has 0 aromatic carbocycles. The molecule has 0 saturated heterocycles. The Morgan fingerprint density at radius 3 is 0.525 bits per heavy atom. The Hall–Kier alpha value is -5.40. The summed E-state index contributed by atoms with van der Waals surface area (Å²) in [5.74, 6) is -3.08. The Labute approximate surface area is 734 Å². The van der Waals surface area contributed by atoms with Gasteiger partial charge in [-0.25, -0.2) is 47.9 Å². The van der Waals surface area contributed by atoms with Gasteiger partial charge in [0.2, 0.25) is 0 Å². The third-order valence-electron chi connectivity index (χ3n) is 14.6. The van der Waals surface area contributed by atoms with Crippen LogP contribution in [0.2, 0.25) is 219 Å². The Morgan fingerprint density at radius 1 is 0.208 bits per heavy atom. The monoisotopic (exact) mass is 1910 g/mol. The summed E-state index contributed by atoms with van der Waals surface area (Å²) in [7, 11) is -21.7. The molecule has 120 heavy (non-hydrogen) atoms. The Bertz CT molecular complexity index is 2970. The molecule has 0 aliphatic heterocycles. The molecule has 0 fully saturated rings. The first-order valence-corrected chi connectivity index (χ1v) is 78.7. The van der Waals surface area contributed by atoms with Gasteiger partial charge in [0.15, 0.2) is 83.2 Å². The summed E-state index contributed by atoms with van der Waals surface area (Å²) in [6, 6.07) is 6.23. The molecule has 0 bridgehead atoms. The van der Waals surface area contributed by atoms with Gasteiger partial charge in [-0.1, -0.05) is 46.1 Å². The van der Waals surface area contributed by atoms with Gasteiger partial charge in [0.25, 0.3) is 0 Å². The van der Waals surface area contributed by atoms with E-state index in [2.05, 4.69) is 239 Å². The lowest BCUT2D eigenvalue weighted by Crippen LogP contribution is -2.52. The van der Waals surface area contributed by atoms with Gasteiger partial charge in [-0.15, -0.1) is 0 Å². The number of esters is 7. The van der Waals surface area contributed by atoms with Crippen molar-refractivity contribution in [2.45, 2.75) is 264 Å². The molecular formula is C78H159N3O27Si12. The molecule has 0 aliphatic carbocycles. The van der Waals surface area contributed by atoms with Crippen LogP contribution in [0, 0.1) is 0 Å². The van der Waals surface area contributed by atoms with E-state index in [0.29, 0.717) is 52.3 Å². The normalized spacial score (nSPS) is 12.0. The summed E-state index contributed by atoms with van der Waals surface area (Å²) < 4.78 is 94.3. The lowest BCUT2D eigenvalue weighted by Gasteiger charge is -2.38. The van der Waals surface area contributed by atoms with E-state index in [1.165, 1.54) is 24.3 Å². The van der Waals surface area contributed by atoms with Crippen molar-refractivity contribution in [2.24, 2.45) is 0 Å². The number of hydrogen-bond donors (Lipinski definition) is 3. The highest BCUT2D eigenvalue weighted by atomic mass is 28.5. The maximum Gasteiger partial charge on any atom is 0.407 e. The van der Waals surface area contributed by atoms with Crippen LogP contribution >= 0.6 is 0 Å². The van der Waals surface area contributed by atoms with Gasteiger partial charge in [0, 0.05) is 42.5 Å². The number of carbonyl (C=O) groups is 10. The fourth-order valence-corrected chi connectivity index (χ4v) is 62.0. The fraction of sp³-hybridized carbons (Fsp3) is 0.692. The van der Waals surface area contributed by atoms with Crippen LogP contribution in [0.1, 0.15) is 44.9 Å². The first-order chi connectivity index (χ1) is 54.8. The van der Waals surface area contributed by atoms with E-state index in [4.69, 9.17) is 76.2 Å². The average molecular weight is 1910 g/mol. The number of rotatable bonds is 58. The summed E-state index contributed by atoms with van der Waals surface area (Å²) in [6.45, 7) is 85.3. The fourth-order valence-electron chi connectivity index (χ4n) is 11.4. The van der Waals surface area contributed by atoms with Crippen LogP contribution in [0.5, 0.6) is 0 Å². The average Bonchev–Trinajstić information content (AvgIpc) is 0.839. The van der Waals surface area contributed by atoms with E-state index in [9.17, 15) is 47.9 Å². The standard InChI is InChI=1S/C22H40N2O9Si2.C16H35NO6Si3.C16H30O5Si2.C13H30O4Si3.C11H24O3Si2/c1-7-19(25)29-15-11-23-21(27)31-13-9-17-34(3,4)33-35(5,6)18-10-14-32-22(28)24-12-16-30-20(26)8-2;1-9-15(18)20-13-11-17-16(19)21-12-10-14-26(8,22-24(2,3)4)23-25(5,6)7;1-7-15(17)19-11-9-13-22(3,4)21-23(5,6)14-10-12-20-16(18)8-2;1-9-13(14)15-11-10-12-20(8,16-18(2,3)4)17-19(5,6)7;1-7-11(12)13-9-8-10-16(5,6)14-15(2,3)4/h7-8H,1-2,9-18H2,3-6H3,(H,23,27)(H,24,28);9H,1,10-14H2,2-8H3,(H,17,19);7-8H,1-2,9-14H2,3-6H3;9H,1,10-12H2,2-8H3;7H,1,8-10H2,2-6H3. The summed E-state index contributed by atoms with van der Waals surface area (Å²) in [6.07, 6.45) is 11.6. The minimum absolute atomic E-state index is 0.0520. The molecule has 0 radical (unpaired) electrons. The van der Waals surface area contributed by atoms with Gasteiger partial charge in [0.05, 0.1) is 65.9 Å². The molecule has 3 amide bonds. The predicted molar refractivity (Wildman–Crippen MR) is 507 cm³/mol. The van der Waals surface area contributed by atoms with Gasteiger partial charge in [-0.05, 0) is 264 Å². The third-order valence-corrected chi connectivity index (χ3v) is 55.2. The number of ether oxygens (including phenoxy) is 10. The van der Waals surface area contributed by atoms with E-state index in [1.54, 1.807) is 0 Å². The van der Waals surface area contributed by atoms with Crippen LogP contribution < -0.4 is 16.0 Å². The molecule has 0 aromatic heterocycles. The maximum atomic E-state index is 11.6. The minimum Gasteiger partial charge on any atom is -0.463 e. The quantitative estimate of drug-likeness (QED) is 0.0167. The first-order valence-electron chi connectivity index (χ1n) is 41.0. The van der Waals surface area contributed by atoms with Gasteiger partial charge >= 0.3 is 77.2 Å². The Kier molecular flexibility index (Phi) is 65.2. The van der Waals surface area contributed by atoms with Crippen molar-refractivity contribution in [3.8, 4) is 0 Å². The van der Waals surface area contributed by atoms with Gasteiger partial charge in [-0.2, -0.15) is 0 Å². The number of carbonyl (C=O) groups excluding carboxylic acids is 10. The van der Waals surface area contributed by atoms with Crippen LogP contribution in [0.25, 0.3) is 0 Å². The van der Waals surface area contributed by atoms with Crippen LogP contribution in [-0.4, -0.2) is 246 Å². The van der Waals surface area contributed by atoms with Crippen LogP contribution in [0.4, 0.5) is 14.4 Å². The summed E-state index contributed by atoms with van der Waals surface area (Å²) in [5.41, 5.74) is 0. The van der Waals surface area contributed by atoms with E-state index < -0.39 is 136 Å². The van der Waals surface area contributed by atoms with Crippen LogP contribution in [0.3, 0.4) is 0 Å². The van der Waals surface area contributed by atoms with E-state index in [-0.39, 0.29) is 76.5 Å². The minimum atomic E-state index is -2.30. The highest BCUT2D eigenvalue weighted by Gasteiger charge is 2.42.